The largest absolute Gasteiger partial charge is 0.504 e. The Morgan fingerprint density at radius 3 is 2.24 bits per heavy atom. The second kappa shape index (κ2) is 12.3. The van der Waals surface area contributed by atoms with Gasteiger partial charge in [-0.3, -0.25) is 24.1 Å². The number of ketones is 2. The summed E-state index contributed by atoms with van der Waals surface area (Å²) in [5, 5.41) is 30.7. The van der Waals surface area contributed by atoms with Crippen molar-refractivity contribution >= 4 is 47.2 Å². The van der Waals surface area contributed by atoms with E-state index in [-0.39, 0.29) is 47.1 Å². The molecule has 10 heteroatoms. The van der Waals surface area contributed by atoms with Crippen molar-refractivity contribution in [3.63, 3.8) is 0 Å². The van der Waals surface area contributed by atoms with Gasteiger partial charge in [0, 0.05) is 17.4 Å². The number of imide groups is 1. The minimum Gasteiger partial charge on any atom is -0.504 e. The van der Waals surface area contributed by atoms with Gasteiger partial charge in [-0.2, -0.15) is 0 Å². The molecule has 3 N–H and O–H groups in total. The van der Waals surface area contributed by atoms with Crippen molar-refractivity contribution in [2.24, 2.45) is 23.7 Å². The van der Waals surface area contributed by atoms with Gasteiger partial charge in [0.05, 0.1) is 30.0 Å². The molecule has 0 bridgehead atoms. The van der Waals surface area contributed by atoms with Crippen molar-refractivity contribution in [3.05, 3.63) is 138 Å². The second-order valence-corrected chi connectivity index (χ2v) is 13.7. The van der Waals surface area contributed by atoms with Gasteiger partial charge in [0.2, 0.25) is 11.8 Å². The first-order valence-corrected chi connectivity index (χ1v) is 17.0. The van der Waals surface area contributed by atoms with Crippen LogP contribution in [-0.2, 0) is 24.6 Å². The number of Topliss-reactive ketones (excluding diaryl/α,β-unsaturated/α-hetero) is 1. The van der Waals surface area contributed by atoms with Crippen molar-refractivity contribution in [2.75, 3.05) is 12.0 Å². The van der Waals surface area contributed by atoms with Crippen molar-refractivity contribution in [1.29, 1.82) is 0 Å². The Balaban J connectivity index is 1.34. The molecule has 0 spiro atoms. The molecule has 4 aromatic rings. The summed E-state index contributed by atoms with van der Waals surface area (Å²) >= 11 is 0. The number of aromatic hydroxyl groups is 1. The SMILES string of the molecule is COc1ccc([C@H]2C3=CC[C@@H]4C(=O)N(c5cccc(B(O)O)c5)C(=O)[C@@H]4[C@@H]3C[C@H]3C(=O)C(c4ccccc4)=CC(=O)[C@@]23c2ccccc2)cc1O. The third-order valence-corrected chi connectivity index (χ3v) is 11.3. The van der Waals surface area contributed by atoms with Gasteiger partial charge in [-0.05, 0) is 71.3 Å². The summed E-state index contributed by atoms with van der Waals surface area (Å²) in [6.07, 6.45) is 3.77. The molecule has 0 aromatic heterocycles. The summed E-state index contributed by atoms with van der Waals surface area (Å²) in [7, 11) is -0.345. The van der Waals surface area contributed by atoms with E-state index in [0.29, 0.717) is 22.3 Å². The smallest absolute Gasteiger partial charge is 0.488 e. The molecular weight excluding hydrogens is 645 g/mol. The maximum absolute atomic E-state index is 15.1. The Morgan fingerprint density at radius 1 is 0.824 bits per heavy atom. The summed E-state index contributed by atoms with van der Waals surface area (Å²) in [4.78, 5) is 59.8. The van der Waals surface area contributed by atoms with Gasteiger partial charge in [0.25, 0.3) is 0 Å². The van der Waals surface area contributed by atoms with Crippen LogP contribution in [0.1, 0.15) is 35.4 Å². The Labute approximate surface area is 294 Å². The number of nitrogens with zero attached hydrogens (tertiary/aromatic N) is 1. The highest BCUT2D eigenvalue weighted by Gasteiger charge is 2.66. The van der Waals surface area contributed by atoms with Gasteiger partial charge in [-0.15, -0.1) is 0 Å². The van der Waals surface area contributed by atoms with Crippen molar-refractivity contribution in [3.8, 4) is 11.5 Å². The zero-order valence-corrected chi connectivity index (χ0v) is 27.7. The van der Waals surface area contributed by atoms with Crippen molar-refractivity contribution in [2.45, 2.75) is 24.2 Å². The standard InChI is InChI=1S/C41H34BNO8/c1-51-34-18-15-24(19-33(34)44)37-28-16-17-29-36(40(48)43(39(29)47)27-14-8-13-26(20-27)42(49)50)31(28)21-32-38(46)30(23-9-4-2-5-10-23)22-35(45)41(32,37)25-11-6-3-7-12-25/h2-16,18-20,22,29,31-32,36-37,44,49-50H,17,21H2,1H3/t29-,31+,32-,36-,37-,41-/m0/s1. The lowest BCUT2D eigenvalue weighted by atomic mass is 9.44. The topological polar surface area (TPSA) is 141 Å². The molecule has 9 nitrogen and oxygen atoms in total. The number of hydrogen-bond acceptors (Lipinski definition) is 8. The quantitative estimate of drug-likeness (QED) is 0.157. The van der Waals surface area contributed by atoms with E-state index in [0.717, 1.165) is 10.5 Å². The molecule has 51 heavy (non-hydrogen) atoms. The Bertz CT molecular complexity index is 2160. The number of ether oxygens (including phenoxy) is 1. The van der Waals surface area contributed by atoms with Crippen LogP contribution in [0.15, 0.2) is 121 Å². The van der Waals surface area contributed by atoms with Gasteiger partial charge < -0.3 is 19.9 Å². The predicted molar refractivity (Wildman–Crippen MR) is 190 cm³/mol. The Hall–Kier alpha value is -5.58. The first-order valence-electron chi connectivity index (χ1n) is 17.0. The predicted octanol–water partition coefficient (Wildman–Crippen LogP) is 4.11. The zero-order valence-electron chi connectivity index (χ0n) is 27.7. The van der Waals surface area contributed by atoms with Crippen LogP contribution >= 0.6 is 0 Å². The number of amides is 2. The number of rotatable bonds is 6. The van der Waals surface area contributed by atoms with E-state index in [1.54, 1.807) is 42.5 Å². The molecule has 1 aliphatic heterocycles. The van der Waals surface area contributed by atoms with Gasteiger partial charge in [0.15, 0.2) is 23.1 Å². The van der Waals surface area contributed by atoms with Gasteiger partial charge in [0.1, 0.15) is 0 Å². The minimum atomic E-state index is -1.79. The fourth-order valence-electron chi connectivity index (χ4n) is 9.21. The third kappa shape index (κ3) is 4.85. The molecule has 1 heterocycles. The zero-order chi connectivity index (χ0) is 35.6. The number of anilines is 1. The Morgan fingerprint density at radius 2 is 1.55 bits per heavy atom. The monoisotopic (exact) mass is 679 g/mol. The molecule has 254 valence electrons. The molecule has 1 saturated heterocycles. The van der Waals surface area contributed by atoms with Crippen LogP contribution in [0.4, 0.5) is 5.69 Å². The van der Waals surface area contributed by atoms with Crippen LogP contribution in [0.2, 0.25) is 0 Å². The number of phenols is 1. The number of allylic oxidation sites excluding steroid dienone is 4. The van der Waals surface area contributed by atoms with Crippen LogP contribution in [-0.4, -0.2) is 52.8 Å². The molecule has 2 amide bonds. The highest BCUT2D eigenvalue weighted by molar-refractivity contribution is 6.58. The Kier molecular flexibility index (Phi) is 7.89. The first-order chi connectivity index (χ1) is 24.7. The summed E-state index contributed by atoms with van der Waals surface area (Å²) in [6, 6.07) is 29.3. The second-order valence-electron chi connectivity index (χ2n) is 13.7. The lowest BCUT2D eigenvalue weighted by Crippen LogP contribution is -2.58. The number of benzene rings is 4. The van der Waals surface area contributed by atoms with E-state index in [9.17, 15) is 24.7 Å². The highest BCUT2D eigenvalue weighted by atomic mass is 16.5. The fourth-order valence-corrected chi connectivity index (χ4v) is 9.21. The van der Waals surface area contributed by atoms with Crippen LogP contribution < -0.4 is 15.1 Å². The van der Waals surface area contributed by atoms with E-state index in [2.05, 4.69) is 0 Å². The number of phenolic OH excluding ortho intramolecular Hbond substituents is 1. The molecule has 4 aliphatic rings. The van der Waals surface area contributed by atoms with Crippen LogP contribution in [0, 0.1) is 23.7 Å². The molecule has 4 aromatic carbocycles. The van der Waals surface area contributed by atoms with E-state index < -0.39 is 53.9 Å². The molecule has 0 radical (unpaired) electrons. The van der Waals surface area contributed by atoms with Crippen LogP contribution in [0.3, 0.4) is 0 Å². The molecular formula is C41H34BNO8. The fraction of sp³-hybridized carbons (Fsp3) is 0.220. The van der Waals surface area contributed by atoms with E-state index in [4.69, 9.17) is 4.74 Å². The number of fused-ring (bicyclic) bond motifs is 4. The number of carbonyl (C=O) groups excluding carboxylic acids is 4. The minimum absolute atomic E-state index is 0.134. The molecule has 3 aliphatic carbocycles. The molecule has 6 atom stereocenters. The maximum Gasteiger partial charge on any atom is 0.488 e. The van der Waals surface area contributed by atoms with Crippen LogP contribution in [0.25, 0.3) is 5.57 Å². The lowest BCUT2D eigenvalue weighted by Gasteiger charge is -2.55. The number of carbonyl (C=O) groups is 4. The molecule has 2 fully saturated rings. The van der Waals surface area contributed by atoms with E-state index >= 15 is 9.59 Å². The summed E-state index contributed by atoms with van der Waals surface area (Å²) in [5.74, 6) is -5.08. The number of methoxy groups -OCH3 is 1. The van der Waals surface area contributed by atoms with E-state index in [1.807, 2.05) is 54.6 Å². The normalized spacial score (nSPS) is 26.9. The van der Waals surface area contributed by atoms with Gasteiger partial charge >= 0.3 is 7.12 Å². The lowest BCUT2D eigenvalue weighted by molar-refractivity contribution is -0.135. The third-order valence-electron chi connectivity index (χ3n) is 11.3. The summed E-state index contributed by atoms with van der Waals surface area (Å²) < 4.78 is 5.36. The van der Waals surface area contributed by atoms with Crippen LogP contribution in [0.5, 0.6) is 11.5 Å². The average Bonchev–Trinajstić information content (AvgIpc) is 3.41. The van der Waals surface area contributed by atoms with Gasteiger partial charge in [-0.25, -0.2) is 0 Å². The van der Waals surface area contributed by atoms with E-state index in [1.165, 1.54) is 25.3 Å². The summed E-state index contributed by atoms with van der Waals surface area (Å²) in [5.41, 5.74) is 1.84. The first kappa shape index (κ1) is 32.6. The van der Waals surface area contributed by atoms with Gasteiger partial charge in [-0.1, -0.05) is 90.5 Å². The van der Waals surface area contributed by atoms with Crippen molar-refractivity contribution < 1.29 is 39.1 Å². The maximum atomic E-state index is 15.1. The summed E-state index contributed by atoms with van der Waals surface area (Å²) in [6.45, 7) is 0. The number of hydrogen-bond donors (Lipinski definition) is 3. The highest BCUT2D eigenvalue weighted by Crippen LogP contribution is 2.64. The molecule has 0 unspecified atom stereocenters. The van der Waals surface area contributed by atoms with Crippen molar-refractivity contribution in [1.82, 2.24) is 0 Å². The average molecular weight is 680 g/mol. The molecule has 1 saturated carbocycles. The molecule has 8 rings (SSSR count).